The molecule has 25 heavy (non-hydrogen) atoms. The molecule has 0 amide bonds. The molecule has 0 fully saturated rings. The Hall–Kier alpha value is -1.49. The monoisotopic (exact) mass is 424 g/mol. The van der Waals surface area contributed by atoms with E-state index >= 15 is 0 Å². The van der Waals surface area contributed by atoms with Crippen molar-refractivity contribution in [2.75, 3.05) is 17.3 Å². The van der Waals surface area contributed by atoms with E-state index in [1.807, 2.05) is 65.3 Å². The van der Waals surface area contributed by atoms with Crippen molar-refractivity contribution in [1.82, 2.24) is 0 Å². The first-order valence-corrected chi connectivity index (χ1v) is 9.97. The molecular weight excluding hydrogens is 400 g/mol. The van der Waals surface area contributed by atoms with Crippen molar-refractivity contribution in [2.24, 2.45) is 5.73 Å². The van der Waals surface area contributed by atoms with Gasteiger partial charge in [0, 0.05) is 23.5 Å². The fraction of sp³-hybridized carbons (Fsp3) is 0.300. The van der Waals surface area contributed by atoms with Crippen molar-refractivity contribution in [3.8, 4) is 0 Å². The van der Waals surface area contributed by atoms with Crippen LogP contribution in [0.2, 0.25) is 5.02 Å². The summed E-state index contributed by atoms with van der Waals surface area (Å²) in [7, 11) is 0. The highest BCUT2D eigenvalue weighted by Gasteiger charge is 2.18. The van der Waals surface area contributed by atoms with Gasteiger partial charge in [-0.3, -0.25) is 0 Å². The molecule has 0 atom stereocenters. The van der Waals surface area contributed by atoms with Gasteiger partial charge in [-0.2, -0.15) is 0 Å². The molecule has 136 valence electrons. The quantitative estimate of drug-likeness (QED) is 0.642. The van der Waals surface area contributed by atoms with Crippen molar-refractivity contribution < 1.29 is 5.11 Å². The molecule has 0 aromatic heterocycles. The van der Waals surface area contributed by atoms with Gasteiger partial charge in [0.05, 0.1) is 11.3 Å². The van der Waals surface area contributed by atoms with E-state index in [0.717, 1.165) is 22.7 Å². The number of para-hydroxylation sites is 1. The Morgan fingerprint density at radius 3 is 2.24 bits per heavy atom. The molecule has 0 aliphatic heterocycles. The summed E-state index contributed by atoms with van der Waals surface area (Å²) < 4.78 is 0. The van der Waals surface area contributed by atoms with Crippen molar-refractivity contribution in [1.29, 1.82) is 0 Å². The topological polar surface area (TPSA) is 49.5 Å². The number of nitrogens with zero attached hydrogens (tertiary/aromatic N) is 1. The predicted octanol–water partition coefficient (Wildman–Crippen LogP) is 4.97. The van der Waals surface area contributed by atoms with Crippen LogP contribution in [0.1, 0.15) is 19.4 Å². The summed E-state index contributed by atoms with van der Waals surface area (Å²) in [5, 5.41) is 10.8. The fourth-order valence-electron chi connectivity index (χ4n) is 2.16. The van der Waals surface area contributed by atoms with Crippen molar-refractivity contribution in [3.63, 3.8) is 0 Å². The van der Waals surface area contributed by atoms with E-state index in [9.17, 15) is 5.11 Å². The van der Waals surface area contributed by atoms with Crippen LogP contribution in [-0.4, -0.2) is 23.1 Å². The normalized spacial score (nSPS) is 11.5. The molecule has 0 saturated carbocycles. The molecule has 5 heteroatoms. The lowest BCUT2D eigenvalue weighted by molar-refractivity contribution is 0.118. The van der Waals surface area contributed by atoms with Gasteiger partial charge in [0.1, 0.15) is 0 Å². The van der Waals surface area contributed by atoms with E-state index in [2.05, 4.69) is 15.9 Å². The zero-order chi connectivity index (χ0) is 18.9. The Morgan fingerprint density at radius 1 is 1.12 bits per heavy atom. The molecule has 0 aliphatic rings. The largest absolute Gasteiger partial charge is 0.399 e. The first-order chi connectivity index (χ1) is 11.9. The first-order valence-electron chi connectivity index (χ1n) is 8.01. The number of hydrogen-bond acceptors (Lipinski definition) is 3. The van der Waals surface area contributed by atoms with Gasteiger partial charge in [-0.1, -0.05) is 63.9 Å². The average Bonchev–Trinajstić information content (AvgIpc) is 2.61. The van der Waals surface area contributed by atoms with Gasteiger partial charge >= 0.3 is 0 Å². The number of anilines is 1. The zero-order valence-corrected chi connectivity index (χ0v) is 17.3. The molecule has 0 bridgehead atoms. The van der Waals surface area contributed by atoms with E-state index in [0.29, 0.717) is 12.2 Å². The van der Waals surface area contributed by atoms with Crippen molar-refractivity contribution in [2.45, 2.75) is 25.9 Å². The van der Waals surface area contributed by atoms with Crippen molar-refractivity contribution >= 4 is 33.2 Å². The molecule has 0 unspecified atom stereocenters. The van der Waals surface area contributed by atoms with E-state index < -0.39 is 5.60 Å². The average molecular weight is 426 g/mol. The Morgan fingerprint density at radius 2 is 1.68 bits per heavy atom. The number of rotatable bonds is 6. The van der Waals surface area contributed by atoms with Crippen LogP contribution in [0.3, 0.4) is 0 Å². The summed E-state index contributed by atoms with van der Waals surface area (Å²) in [6.07, 6.45) is 2.58. The van der Waals surface area contributed by atoms with Crippen LogP contribution in [0.15, 0.2) is 66.5 Å². The van der Waals surface area contributed by atoms with Crippen LogP contribution in [0.5, 0.6) is 0 Å². The molecular formula is C20H26BrClN2O. The van der Waals surface area contributed by atoms with Gasteiger partial charge in [-0.05, 0) is 49.9 Å². The van der Waals surface area contributed by atoms with E-state index in [4.69, 9.17) is 17.3 Å². The van der Waals surface area contributed by atoms with Crippen LogP contribution >= 0.6 is 27.5 Å². The van der Waals surface area contributed by atoms with Gasteiger partial charge in [0.15, 0.2) is 0 Å². The minimum atomic E-state index is -1.06. The second-order valence-corrected chi connectivity index (χ2v) is 6.42. The second-order valence-electron chi connectivity index (χ2n) is 6.01. The summed E-state index contributed by atoms with van der Waals surface area (Å²) in [4.78, 5) is 2.04. The standard InChI is InChI=1S/C19H23ClN2O.CH3Br/c1-19(2,23)18(21)14-22(16-9-4-3-5-10-16)13-12-15-8-6-7-11-17(15)20;1-2/h3-11,14,23H,12-13,21H2,1-2H3;1H3/b18-14-;. The second kappa shape index (κ2) is 10.5. The highest BCUT2D eigenvalue weighted by atomic mass is 79.9. The summed E-state index contributed by atoms with van der Waals surface area (Å²) >= 11 is 9.17. The molecule has 0 saturated heterocycles. The molecule has 0 heterocycles. The lowest BCUT2D eigenvalue weighted by atomic mass is 10.1. The fourth-order valence-corrected chi connectivity index (χ4v) is 2.39. The Kier molecular flexibility index (Phi) is 9.04. The molecule has 3 N–H and O–H groups in total. The van der Waals surface area contributed by atoms with E-state index in [1.54, 1.807) is 20.0 Å². The number of benzene rings is 2. The zero-order valence-electron chi connectivity index (χ0n) is 14.9. The van der Waals surface area contributed by atoms with Crippen LogP contribution in [0.25, 0.3) is 0 Å². The highest BCUT2D eigenvalue weighted by Crippen LogP contribution is 2.20. The number of alkyl halides is 1. The number of halogens is 2. The lowest BCUT2D eigenvalue weighted by Gasteiger charge is -2.25. The minimum Gasteiger partial charge on any atom is -0.399 e. The van der Waals surface area contributed by atoms with Crippen molar-refractivity contribution in [3.05, 3.63) is 77.1 Å². The maximum absolute atomic E-state index is 10.1. The molecule has 0 aliphatic carbocycles. The van der Waals surface area contributed by atoms with Gasteiger partial charge in [0.25, 0.3) is 0 Å². The number of nitrogens with two attached hydrogens (primary N) is 1. The van der Waals surface area contributed by atoms with Crippen LogP contribution in [-0.2, 0) is 6.42 Å². The molecule has 2 aromatic rings. The van der Waals surface area contributed by atoms with Crippen LogP contribution < -0.4 is 10.6 Å². The third-order valence-corrected chi connectivity index (χ3v) is 4.04. The van der Waals surface area contributed by atoms with Gasteiger partial charge in [-0.25, -0.2) is 0 Å². The molecule has 0 radical (unpaired) electrons. The van der Waals surface area contributed by atoms with Gasteiger partial charge < -0.3 is 15.7 Å². The lowest BCUT2D eigenvalue weighted by Crippen LogP contribution is -2.31. The highest BCUT2D eigenvalue weighted by molar-refractivity contribution is 9.08. The number of aliphatic hydroxyl groups is 1. The maximum atomic E-state index is 10.1. The van der Waals surface area contributed by atoms with Gasteiger partial charge in [-0.15, -0.1) is 0 Å². The minimum absolute atomic E-state index is 0.417. The molecule has 2 rings (SSSR count). The molecule has 2 aromatic carbocycles. The molecule has 3 nitrogen and oxygen atoms in total. The Labute approximate surface area is 164 Å². The van der Waals surface area contributed by atoms with Crippen LogP contribution in [0.4, 0.5) is 5.69 Å². The predicted molar refractivity (Wildman–Crippen MR) is 112 cm³/mol. The summed E-state index contributed by atoms with van der Waals surface area (Å²) in [6.45, 7) is 4.07. The number of hydrogen-bond donors (Lipinski definition) is 2. The third kappa shape index (κ3) is 7.10. The Bertz CT molecular complexity index is 669. The summed E-state index contributed by atoms with van der Waals surface area (Å²) in [5.74, 6) is 1.81. The maximum Gasteiger partial charge on any atom is 0.0996 e. The van der Waals surface area contributed by atoms with Crippen LogP contribution in [0, 0.1) is 0 Å². The third-order valence-electron chi connectivity index (χ3n) is 3.67. The van der Waals surface area contributed by atoms with E-state index in [1.165, 1.54) is 0 Å². The first kappa shape index (κ1) is 21.6. The molecule has 0 spiro atoms. The summed E-state index contributed by atoms with van der Waals surface area (Å²) in [6, 6.07) is 17.8. The Balaban J connectivity index is 0.00000151. The van der Waals surface area contributed by atoms with E-state index in [-0.39, 0.29) is 0 Å². The smallest absolute Gasteiger partial charge is 0.0996 e. The summed E-state index contributed by atoms with van der Waals surface area (Å²) in [5.41, 5.74) is 7.50. The SMILES string of the molecule is CBr.CC(C)(O)/C(N)=C/N(CCc1ccccc1Cl)c1ccccc1. The van der Waals surface area contributed by atoms with Gasteiger partial charge in [0.2, 0.25) is 0 Å².